The lowest BCUT2D eigenvalue weighted by atomic mass is 10.1. The Morgan fingerprint density at radius 1 is 1.09 bits per heavy atom. The number of carboxylic acids is 1. The van der Waals surface area contributed by atoms with Crippen molar-refractivity contribution in [2.24, 2.45) is 0 Å². The maximum Gasteiger partial charge on any atom is 0.573 e. The summed E-state index contributed by atoms with van der Waals surface area (Å²) in [4.78, 5) is 12.9. The van der Waals surface area contributed by atoms with Crippen LogP contribution in [0.3, 0.4) is 0 Å². The molecule has 1 aliphatic rings. The Morgan fingerprint density at radius 3 is 2.22 bits per heavy atom. The number of sulfonamides is 1. The first-order chi connectivity index (χ1) is 14.9. The summed E-state index contributed by atoms with van der Waals surface area (Å²) in [5.41, 5.74) is 1.04. The van der Waals surface area contributed by atoms with Crippen LogP contribution in [0, 0.1) is 0 Å². The fraction of sp³-hybridized carbons (Fsp3) is 0.381. The van der Waals surface area contributed by atoms with Gasteiger partial charge >= 0.3 is 12.3 Å². The second kappa shape index (κ2) is 8.99. The van der Waals surface area contributed by atoms with Crippen molar-refractivity contribution in [2.45, 2.75) is 43.6 Å². The van der Waals surface area contributed by atoms with Gasteiger partial charge in [-0.1, -0.05) is 12.1 Å². The number of hydrogen-bond donors (Lipinski definition) is 1. The van der Waals surface area contributed by atoms with Gasteiger partial charge < -0.3 is 14.7 Å². The fourth-order valence-corrected chi connectivity index (χ4v) is 5.84. The van der Waals surface area contributed by atoms with Gasteiger partial charge in [-0.15, -0.1) is 13.2 Å². The van der Waals surface area contributed by atoms with Crippen molar-refractivity contribution < 1.29 is 36.2 Å². The van der Waals surface area contributed by atoms with Crippen molar-refractivity contribution in [3.8, 4) is 5.75 Å². The Morgan fingerprint density at radius 2 is 1.69 bits per heavy atom. The minimum atomic E-state index is -4.77. The van der Waals surface area contributed by atoms with Crippen LogP contribution >= 0.6 is 0 Å². The molecule has 0 spiro atoms. The summed E-state index contributed by atoms with van der Waals surface area (Å²) >= 11 is 0. The fourth-order valence-electron chi connectivity index (χ4n) is 3.96. The van der Waals surface area contributed by atoms with Crippen LogP contribution in [0.2, 0.25) is 0 Å². The molecule has 2 aromatic rings. The number of nitrogens with zero attached hydrogens (tertiary/aromatic N) is 2. The summed E-state index contributed by atoms with van der Waals surface area (Å²) in [5, 5.41) is 8.97. The summed E-state index contributed by atoms with van der Waals surface area (Å²) in [6.07, 6.45) is -5.05. The molecule has 2 atom stereocenters. The number of halogens is 3. The van der Waals surface area contributed by atoms with Crippen LogP contribution in [0.15, 0.2) is 53.4 Å². The van der Waals surface area contributed by atoms with Crippen LogP contribution in [-0.2, 0) is 21.2 Å². The number of rotatable bonds is 6. The van der Waals surface area contributed by atoms with E-state index in [4.69, 9.17) is 5.11 Å². The van der Waals surface area contributed by atoms with E-state index in [9.17, 15) is 26.4 Å². The Labute approximate surface area is 184 Å². The van der Waals surface area contributed by atoms with Crippen molar-refractivity contribution in [2.75, 3.05) is 18.0 Å². The van der Waals surface area contributed by atoms with E-state index in [1.807, 2.05) is 4.90 Å². The van der Waals surface area contributed by atoms with Gasteiger partial charge in [-0.3, -0.25) is 4.79 Å². The third-order valence-corrected chi connectivity index (χ3v) is 7.23. The van der Waals surface area contributed by atoms with E-state index in [-0.39, 0.29) is 17.1 Å². The minimum Gasteiger partial charge on any atom is -0.481 e. The van der Waals surface area contributed by atoms with Crippen LogP contribution < -0.4 is 9.64 Å². The molecule has 0 radical (unpaired) electrons. The zero-order chi connectivity index (χ0) is 23.7. The summed E-state index contributed by atoms with van der Waals surface area (Å²) in [6, 6.07) is 10.5. The number of hydrogen-bond acceptors (Lipinski definition) is 5. The second-order valence-corrected chi connectivity index (χ2v) is 9.54. The number of carbonyl (C=O) groups is 1. The molecule has 32 heavy (non-hydrogen) atoms. The van der Waals surface area contributed by atoms with Gasteiger partial charge in [0.25, 0.3) is 0 Å². The Hall–Kier alpha value is -2.79. The van der Waals surface area contributed by atoms with Gasteiger partial charge in [0, 0.05) is 30.9 Å². The van der Waals surface area contributed by atoms with Crippen LogP contribution in [0.4, 0.5) is 18.9 Å². The smallest absolute Gasteiger partial charge is 0.481 e. The van der Waals surface area contributed by atoms with Crippen molar-refractivity contribution in [1.82, 2.24) is 4.31 Å². The lowest BCUT2D eigenvalue weighted by Crippen LogP contribution is -2.58. The SMILES string of the molecule is C[C@@H]1CN(c2ccc(OC(F)(F)F)cc2)C[C@H](C)N1S(=O)(=O)c1cccc(CC(=O)O)c1. The molecule has 0 unspecified atom stereocenters. The highest BCUT2D eigenvalue weighted by Gasteiger charge is 2.38. The first-order valence-corrected chi connectivity index (χ1v) is 11.3. The Bertz CT molecular complexity index is 1060. The first kappa shape index (κ1) is 23.9. The van der Waals surface area contributed by atoms with Gasteiger partial charge in [0.2, 0.25) is 10.0 Å². The molecule has 174 valence electrons. The molecule has 1 N–H and O–H groups in total. The van der Waals surface area contributed by atoms with Crippen molar-refractivity contribution in [3.05, 3.63) is 54.1 Å². The predicted molar refractivity (Wildman–Crippen MR) is 111 cm³/mol. The molecule has 11 heteroatoms. The number of benzene rings is 2. The van der Waals surface area contributed by atoms with Gasteiger partial charge in [-0.05, 0) is 55.8 Å². The molecule has 1 heterocycles. The van der Waals surface area contributed by atoms with E-state index < -0.39 is 34.4 Å². The van der Waals surface area contributed by atoms with Gasteiger partial charge in [0.1, 0.15) is 5.75 Å². The lowest BCUT2D eigenvalue weighted by Gasteiger charge is -2.44. The highest BCUT2D eigenvalue weighted by atomic mass is 32.2. The van der Waals surface area contributed by atoms with Crippen molar-refractivity contribution in [3.63, 3.8) is 0 Å². The number of alkyl halides is 3. The number of aliphatic carboxylic acids is 1. The maximum atomic E-state index is 13.3. The topological polar surface area (TPSA) is 87.2 Å². The molecule has 0 amide bonds. The molecule has 0 aliphatic carbocycles. The normalized spacial score (nSPS) is 20.2. The van der Waals surface area contributed by atoms with Gasteiger partial charge in [-0.2, -0.15) is 4.31 Å². The zero-order valence-corrected chi connectivity index (χ0v) is 18.2. The summed E-state index contributed by atoms with van der Waals surface area (Å²) in [5.74, 6) is -1.38. The molecule has 2 aromatic carbocycles. The number of anilines is 1. The van der Waals surface area contributed by atoms with Crippen LogP contribution in [0.25, 0.3) is 0 Å². The van der Waals surface area contributed by atoms with E-state index in [1.165, 1.54) is 46.8 Å². The zero-order valence-electron chi connectivity index (χ0n) is 17.4. The predicted octanol–water partition coefficient (Wildman–Crippen LogP) is 3.50. The van der Waals surface area contributed by atoms with Crippen LogP contribution in [-0.4, -0.2) is 55.3 Å². The Balaban J connectivity index is 1.78. The monoisotopic (exact) mass is 472 g/mol. The minimum absolute atomic E-state index is 0.0250. The van der Waals surface area contributed by atoms with Gasteiger partial charge in [0.15, 0.2) is 0 Å². The van der Waals surface area contributed by atoms with E-state index >= 15 is 0 Å². The number of piperazine rings is 1. The van der Waals surface area contributed by atoms with Crippen LogP contribution in [0.1, 0.15) is 19.4 Å². The molecule has 0 aromatic heterocycles. The van der Waals surface area contributed by atoms with Gasteiger partial charge in [0.05, 0.1) is 11.3 Å². The quantitative estimate of drug-likeness (QED) is 0.693. The summed E-state index contributed by atoms with van der Waals surface area (Å²) in [6.45, 7) is 4.17. The molecule has 7 nitrogen and oxygen atoms in total. The van der Waals surface area contributed by atoms with E-state index in [1.54, 1.807) is 19.9 Å². The lowest BCUT2D eigenvalue weighted by molar-refractivity contribution is -0.274. The van der Waals surface area contributed by atoms with Gasteiger partial charge in [-0.25, -0.2) is 8.42 Å². The highest BCUT2D eigenvalue weighted by molar-refractivity contribution is 7.89. The molecule has 0 bridgehead atoms. The molecular formula is C21H23F3N2O5S. The molecule has 3 rings (SSSR count). The maximum absolute atomic E-state index is 13.3. The number of ether oxygens (including phenoxy) is 1. The average molecular weight is 472 g/mol. The number of carboxylic acid groups (broad SMARTS) is 1. The largest absolute Gasteiger partial charge is 0.573 e. The van der Waals surface area contributed by atoms with E-state index in [0.717, 1.165) is 0 Å². The van der Waals surface area contributed by atoms with E-state index in [2.05, 4.69) is 4.74 Å². The standard InChI is InChI=1S/C21H23F3N2O5S/c1-14-12-25(17-6-8-18(9-7-17)31-21(22,23)24)13-15(2)26(14)32(29,30)19-5-3-4-16(10-19)11-20(27)28/h3-10,14-15H,11-13H2,1-2H3,(H,27,28)/t14-,15+. The van der Waals surface area contributed by atoms with Crippen molar-refractivity contribution >= 4 is 21.7 Å². The van der Waals surface area contributed by atoms with Crippen molar-refractivity contribution in [1.29, 1.82) is 0 Å². The third-order valence-electron chi connectivity index (χ3n) is 5.10. The molecule has 1 aliphatic heterocycles. The Kier molecular flexibility index (Phi) is 6.70. The summed E-state index contributed by atoms with van der Waals surface area (Å²) < 4.78 is 69.0. The first-order valence-electron chi connectivity index (χ1n) is 9.82. The molecule has 1 saturated heterocycles. The molecule has 1 fully saturated rings. The molecule has 0 saturated carbocycles. The van der Waals surface area contributed by atoms with E-state index in [0.29, 0.717) is 24.3 Å². The average Bonchev–Trinajstić information content (AvgIpc) is 2.66. The summed E-state index contributed by atoms with van der Waals surface area (Å²) in [7, 11) is -3.88. The highest BCUT2D eigenvalue weighted by Crippen LogP contribution is 2.30. The third kappa shape index (κ3) is 5.52. The van der Waals surface area contributed by atoms with Crippen LogP contribution in [0.5, 0.6) is 5.75 Å². The second-order valence-electron chi connectivity index (χ2n) is 7.70. The molecular weight excluding hydrogens is 449 g/mol.